The molecular weight excluding hydrogens is 230 g/mol. The van der Waals surface area contributed by atoms with Gasteiger partial charge in [0.1, 0.15) is 0 Å². The third kappa shape index (κ3) is 3.35. The summed E-state index contributed by atoms with van der Waals surface area (Å²) in [5, 5.41) is 4.63. The number of hydrogen-bond acceptors (Lipinski definition) is 4. The Bertz CT molecular complexity index is 453. The maximum absolute atomic E-state index is 4.33. The summed E-state index contributed by atoms with van der Waals surface area (Å²) in [5.41, 5.74) is 1.30. The predicted octanol–water partition coefficient (Wildman–Crippen LogP) is 2.74. The van der Waals surface area contributed by atoms with Crippen LogP contribution in [0.5, 0.6) is 0 Å². The van der Waals surface area contributed by atoms with E-state index in [4.69, 9.17) is 0 Å². The van der Waals surface area contributed by atoms with E-state index in [0.29, 0.717) is 6.04 Å². The summed E-state index contributed by atoms with van der Waals surface area (Å²) in [6.07, 6.45) is 6.65. The molecule has 90 valence electrons. The van der Waals surface area contributed by atoms with Crippen LogP contribution in [0.1, 0.15) is 28.4 Å². The van der Waals surface area contributed by atoms with E-state index in [1.165, 1.54) is 10.4 Å². The Morgan fingerprint density at radius 3 is 2.71 bits per heavy atom. The van der Waals surface area contributed by atoms with Gasteiger partial charge in [0.2, 0.25) is 0 Å². The van der Waals surface area contributed by atoms with E-state index >= 15 is 0 Å². The first-order valence-corrected chi connectivity index (χ1v) is 6.66. The smallest absolute Gasteiger partial charge is 0.0897 e. The van der Waals surface area contributed by atoms with Crippen molar-refractivity contribution >= 4 is 11.3 Å². The lowest BCUT2D eigenvalue weighted by Crippen LogP contribution is -2.22. The molecule has 0 fully saturated rings. The monoisotopic (exact) mass is 247 g/mol. The third-order valence-electron chi connectivity index (χ3n) is 2.62. The SMILES string of the molecule is CCNC(Cc1ccncc1)c1cnc(C)s1. The van der Waals surface area contributed by atoms with E-state index in [1.807, 2.05) is 25.5 Å². The minimum Gasteiger partial charge on any atom is -0.309 e. The molecule has 2 aromatic rings. The molecule has 0 spiro atoms. The Hall–Kier alpha value is -1.26. The molecule has 0 amide bonds. The molecule has 1 atom stereocenters. The molecule has 4 heteroatoms. The Morgan fingerprint density at radius 1 is 1.35 bits per heavy atom. The van der Waals surface area contributed by atoms with Crippen molar-refractivity contribution in [3.05, 3.63) is 46.2 Å². The molecule has 0 aromatic carbocycles. The summed E-state index contributed by atoms with van der Waals surface area (Å²) in [7, 11) is 0. The highest BCUT2D eigenvalue weighted by atomic mass is 32.1. The number of aryl methyl sites for hydroxylation is 1. The number of nitrogens with one attached hydrogen (secondary N) is 1. The van der Waals surface area contributed by atoms with Gasteiger partial charge in [0.25, 0.3) is 0 Å². The predicted molar refractivity (Wildman–Crippen MR) is 71.2 cm³/mol. The van der Waals surface area contributed by atoms with Crippen molar-refractivity contribution in [3.63, 3.8) is 0 Å². The Balaban J connectivity index is 2.13. The van der Waals surface area contributed by atoms with Crippen molar-refractivity contribution in [1.29, 1.82) is 0 Å². The van der Waals surface area contributed by atoms with Gasteiger partial charge in [-0.15, -0.1) is 11.3 Å². The van der Waals surface area contributed by atoms with Crippen LogP contribution in [0.2, 0.25) is 0 Å². The van der Waals surface area contributed by atoms with E-state index in [1.54, 1.807) is 11.3 Å². The average molecular weight is 247 g/mol. The van der Waals surface area contributed by atoms with E-state index in [2.05, 4.69) is 34.3 Å². The number of nitrogens with zero attached hydrogens (tertiary/aromatic N) is 2. The molecule has 0 aliphatic rings. The Kier molecular flexibility index (Phi) is 4.23. The molecule has 1 unspecified atom stereocenters. The van der Waals surface area contributed by atoms with Gasteiger partial charge in [-0.05, 0) is 37.6 Å². The molecule has 2 aromatic heterocycles. The zero-order valence-corrected chi connectivity index (χ0v) is 11.0. The number of hydrogen-bond donors (Lipinski definition) is 1. The van der Waals surface area contributed by atoms with Gasteiger partial charge in [-0.2, -0.15) is 0 Å². The van der Waals surface area contributed by atoms with Crippen molar-refractivity contribution < 1.29 is 0 Å². The molecule has 0 saturated heterocycles. The van der Waals surface area contributed by atoms with Gasteiger partial charge in [-0.1, -0.05) is 6.92 Å². The third-order valence-corrected chi connectivity index (χ3v) is 3.65. The maximum atomic E-state index is 4.33. The number of rotatable bonds is 5. The summed E-state index contributed by atoms with van der Waals surface area (Å²) in [6, 6.07) is 4.49. The highest BCUT2D eigenvalue weighted by molar-refractivity contribution is 7.11. The fourth-order valence-electron chi connectivity index (χ4n) is 1.81. The van der Waals surface area contributed by atoms with E-state index in [-0.39, 0.29) is 0 Å². The molecule has 2 heterocycles. The largest absolute Gasteiger partial charge is 0.309 e. The van der Waals surface area contributed by atoms with Crippen LogP contribution in [0, 0.1) is 6.92 Å². The van der Waals surface area contributed by atoms with Gasteiger partial charge in [0, 0.05) is 29.5 Å². The zero-order valence-electron chi connectivity index (χ0n) is 10.2. The molecule has 0 saturated carbocycles. The van der Waals surface area contributed by atoms with Crippen LogP contribution in [0.25, 0.3) is 0 Å². The van der Waals surface area contributed by atoms with Crippen molar-refractivity contribution in [2.24, 2.45) is 0 Å². The molecule has 0 aliphatic carbocycles. The van der Waals surface area contributed by atoms with Gasteiger partial charge < -0.3 is 5.32 Å². The van der Waals surface area contributed by atoms with Crippen LogP contribution >= 0.6 is 11.3 Å². The molecule has 3 nitrogen and oxygen atoms in total. The standard InChI is InChI=1S/C13H17N3S/c1-3-15-12(13-9-16-10(2)17-13)8-11-4-6-14-7-5-11/h4-7,9,12,15H,3,8H2,1-2H3. The fraction of sp³-hybridized carbons (Fsp3) is 0.385. The number of aromatic nitrogens is 2. The molecular formula is C13H17N3S. The second-order valence-corrected chi connectivity index (χ2v) is 5.22. The Morgan fingerprint density at radius 2 is 2.12 bits per heavy atom. The highest BCUT2D eigenvalue weighted by Crippen LogP contribution is 2.23. The molecule has 1 N–H and O–H groups in total. The molecule has 2 rings (SSSR count). The van der Waals surface area contributed by atoms with Crippen LogP contribution < -0.4 is 5.32 Å². The van der Waals surface area contributed by atoms with Gasteiger partial charge in [0.15, 0.2) is 0 Å². The lowest BCUT2D eigenvalue weighted by Gasteiger charge is -2.15. The van der Waals surface area contributed by atoms with Gasteiger partial charge in [0.05, 0.1) is 5.01 Å². The molecule has 17 heavy (non-hydrogen) atoms. The van der Waals surface area contributed by atoms with Gasteiger partial charge >= 0.3 is 0 Å². The first-order chi connectivity index (χ1) is 8.29. The first kappa shape index (κ1) is 12.2. The summed E-state index contributed by atoms with van der Waals surface area (Å²) < 4.78 is 0. The molecule has 0 bridgehead atoms. The number of pyridine rings is 1. The fourth-order valence-corrected chi connectivity index (χ4v) is 2.67. The summed E-state index contributed by atoms with van der Waals surface area (Å²) in [4.78, 5) is 9.68. The van der Waals surface area contributed by atoms with Crippen molar-refractivity contribution in [3.8, 4) is 0 Å². The van der Waals surface area contributed by atoms with Crippen LogP contribution in [0.15, 0.2) is 30.7 Å². The number of thiazole rings is 1. The van der Waals surface area contributed by atoms with Gasteiger partial charge in [-0.3, -0.25) is 4.98 Å². The van der Waals surface area contributed by atoms with Crippen LogP contribution in [0.4, 0.5) is 0 Å². The van der Waals surface area contributed by atoms with Crippen LogP contribution in [-0.2, 0) is 6.42 Å². The summed E-state index contributed by atoms with van der Waals surface area (Å²) >= 11 is 1.77. The van der Waals surface area contributed by atoms with Crippen molar-refractivity contribution in [2.45, 2.75) is 26.3 Å². The van der Waals surface area contributed by atoms with Gasteiger partial charge in [-0.25, -0.2) is 4.98 Å². The first-order valence-electron chi connectivity index (χ1n) is 5.84. The zero-order chi connectivity index (χ0) is 12.1. The quantitative estimate of drug-likeness (QED) is 0.883. The van der Waals surface area contributed by atoms with Crippen molar-refractivity contribution in [2.75, 3.05) is 6.54 Å². The van der Waals surface area contributed by atoms with Crippen molar-refractivity contribution in [1.82, 2.24) is 15.3 Å². The summed E-state index contributed by atoms with van der Waals surface area (Å²) in [6.45, 7) is 5.14. The normalized spacial score (nSPS) is 12.6. The maximum Gasteiger partial charge on any atom is 0.0897 e. The minimum atomic E-state index is 0.355. The second kappa shape index (κ2) is 5.89. The topological polar surface area (TPSA) is 37.8 Å². The molecule has 0 aliphatic heterocycles. The van der Waals surface area contributed by atoms with Crippen LogP contribution in [-0.4, -0.2) is 16.5 Å². The Labute approximate surface area is 106 Å². The minimum absolute atomic E-state index is 0.355. The second-order valence-electron chi connectivity index (χ2n) is 3.95. The van der Waals surface area contributed by atoms with E-state index in [0.717, 1.165) is 18.0 Å². The molecule has 0 radical (unpaired) electrons. The van der Waals surface area contributed by atoms with E-state index < -0.39 is 0 Å². The van der Waals surface area contributed by atoms with Crippen LogP contribution in [0.3, 0.4) is 0 Å². The average Bonchev–Trinajstić information content (AvgIpc) is 2.77. The van der Waals surface area contributed by atoms with E-state index in [9.17, 15) is 0 Å². The highest BCUT2D eigenvalue weighted by Gasteiger charge is 2.13. The lowest BCUT2D eigenvalue weighted by molar-refractivity contribution is 0.557. The number of likely N-dealkylation sites (N-methyl/N-ethyl adjacent to an activating group) is 1. The summed E-state index contributed by atoms with van der Waals surface area (Å²) in [5.74, 6) is 0. The lowest BCUT2D eigenvalue weighted by atomic mass is 10.1.